The van der Waals surface area contributed by atoms with Crippen LogP contribution in [0.25, 0.3) is 0 Å². The van der Waals surface area contributed by atoms with Crippen molar-refractivity contribution in [1.82, 2.24) is 5.32 Å². The molecule has 138 valence electrons. The van der Waals surface area contributed by atoms with Gasteiger partial charge in [0, 0.05) is 6.54 Å². The molecule has 0 fully saturated rings. The van der Waals surface area contributed by atoms with Crippen molar-refractivity contribution in [3.63, 3.8) is 0 Å². The zero-order valence-electron chi connectivity index (χ0n) is 14.8. The molecule has 0 radical (unpaired) electrons. The van der Waals surface area contributed by atoms with Crippen LogP contribution in [0.3, 0.4) is 0 Å². The quantitative estimate of drug-likeness (QED) is 0.872. The maximum Gasteiger partial charge on any atom is 0.264 e. The first kappa shape index (κ1) is 18.3. The number of hydrogen-bond donors (Lipinski definition) is 1. The van der Waals surface area contributed by atoms with Gasteiger partial charge in [0.15, 0.2) is 6.10 Å². The molecule has 1 atom stereocenters. The largest absolute Gasteiger partial charge is 0.476 e. The molecule has 1 heterocycles. The molecule has 2 aromatic rings. The number of benzene rings is 2. The predicted octanol–water partition coefficient (Wildman–Crippen LogP) is 2.48. The van der Waals surface area contributed by atoms with Crippen molar-refractivity contribution in [1.29, 1.82) is 0 Å². The predicted molar refractivity (Wildman–Crippen MR) is 99.9 cm³/mol. The van der Waals surface area contributed by atoms with E-state index in [-0.39, 0.29) is 17.3 Å². The lowest BCUT2D eigenvalue weighted by Crippen LogP contribution is -2.50. The normalized spacial score (nSPS) is 16.5. The van der Waals surface area contributed by atoms with Gasteiger partial charge in [-0.1, -0.05) is 36.8 Å². The average molecular weight is 374 g/mol. The van der Waals surface area contributed by atoms with E-state index in [1.54, 1.807) is 48.5 Å². The summed E-state index contributed by atoms with van der Waals surface area (Å²) >= 11 is 0. The van der Waals surface area contributed by atoms with E-state index in [0.29, 0.717) is 18.0 Å². The number of para-hydroxylation sites is 2. The maximum absolute atomic E-state index is 13.2. The molecule has 0 aromatic heterocycles. The van der Waals surface area contributed by atoms with Gasteiger partial charge in [0.25, 0.3) is 15.9 Å². The first-order valence-electron chi connectivity index (χ1n) is 8.56. The maximum atomic E-state index is 13.2. The minimum absolute atomic E-state index is 0.0667. The van der Waals surface area contributed by atoms with Gasteiger partial charge in [0.2, 0.25) is 0 Å². The topological polar surface area (TPSA) is 75.7 Å². The van der Waals surface area contributed by atoms with Crippen molar-refractivity contribution < 1.29 is 17.9 Å². The van der Waals surface area contributed by atoms with Crippen LogP contribution < -0.4 is 14.4 Å². The van der Waals surface area contributed by atoms with E-state index in [0.717, 1.165) is 12.0 Å². The van der Waals surface area contributed by atoms with E-state index in [2.05, 4.69) is 5.32 Å². The lowest BCUT2D eigenvalue weighted by molar-refractivity contribution is -0.127. The highest BCUT2D eigenvalue weighted by Gasteiger charge is 2.37. The molecule has 0 bridgehead atoms. The summed E-state index contributed by atoms with van der Waals surface area (Å²) in [5, 5.41) is 2.77. The highest BCUT2D eigenvalue weighted by Crippen LogP contribution is 2.36. The van der Waals surface area contributed by atoms with Crippen LogP contribution in [-0.4, -0.2) is 33.5 Å². The SMILES string of the molecule is CCCNC(=O)[C@@H]1CN(S(=O)(=O)c2ccc(C)cc2)c2ccccc2O1. The Hall–Kier alpha value is -2.54. The number of aryl methyl sites for hydroxylation is 1. The van der Waals surface area contributed by atoms with Gasteiger partial charge < -0.3 is 10.1 Å². The summed E-state index contributed by atoms with van der Waals surface area (Å²) in [6, 6.07) is 13.5. The van der Waals surface area contributed by atoms with Gasteiger partial charge in [-0.15, -0.1) is 0 Å². The summed E-state index contributed by atoms with van der Waals surface area (Å²) in [5.74, 6) is 0.0662. The second-order valence-electron chi connectivity index (χ2n) is 6.21. The molecule has 1 amide bonds. The van der Waals surface area contributed by atoms with E-state index in [4.69, 9.17) is 4.74 Å². The number of carbonyl (C=O) groups excluding carboxylic acids is 1. The number of nitrogens with zero attached hydrogens (tertiary/aromatic N) is 1. The number of carbonyl (C=O) groups is 1. The molecule has 0 unspecified atom stereocenters. The molecule has 26 heavy (non-hydrogen) atoms. The van der Waals surface area contributed by atoms with E-state index < -0.39 is 16.1 Å². The Balaban J connectivity index is 1.98. The summed E-state index contributed by atoms with van der Waals surface area (Å²) in [6.07, 6.45) is -0.0999. The second-order valence-corrected chi connectivity index (χ2v) is 8.08. The lowest BCUT2D eigenvalue weighted by Gasteiger charge is -2.34. The third kappa shape index (κ3) is 3.53. The average Bonchev–Trinajstić information content (AvgIpc) is 2.65. The fourth-order valence-corrected chi connectivity index (χ4v) is 4.24. The van der Waals surface area contributed by atoms with Crippen LogP contribution in [0.5, 0.6) is 5.75 Å². The van der Waals surface area contributed by atoms with E-state index >= 15 is 0 Å². The van der Waals surface area contributed by atoms with Crippen molar-refractivity contribution >= 4 is 21.6 Å². The third-order valence-corrected chi connectivity index (χ3v) is 5.98. The van der Waals surface area contributed by atoms with Crippen molar-refractivity contribution in [3.8, 4) is 5.75 Å². The Morgan fingerprint density at radius 2 is 1.88 bits per heavy atom. The number of rotatable bonds is 5. The molecular formula is C19H22N2O4S. The number of anilines is 1. The Kier molecular flexibility index (Phi) is 5.18. The second kappa shape index (κ2) is 7.37. The van der Waals surface area contributed by atoms with Crippen molar-refractivity contribution in [2.75, 3.05) is 17.4 Å². The van der Waals surface area contributed by atoms with Crippen LogP contribution in [-0.2, 0) is 14.8 Å². The van der Waals surface area contributed by atoms with Gasteiger partial charge in [0.1, 0.15) is 5.75 Å². The van der Waals surface area contributed by atoms with Crippen LogP contribution in [0.4, 0.5) is 5.69 Å². The number of hydrogen-bond acceptors (Lipinski definition) is 4. The van der Waals surface area contributed by atoms with Crippen LogP contribution in [0.1, 0.15) is 18.9 Å². The molecule has 3 rings (SSSR count). The molecule has 0 saturated carbocycles. The van der Waals surface area contributed by atoms with Gasteiger partial charge in [-0.3, -0.25) is 9.10 Å². The van der Waals surface area contributed by atoms with Crippen LogP contribution in [0.2, 0.25) is 0 Å². The van der Waals surface area contributed by atoms with E-state index in [1.807, 2.05) is 13.8 Å². The summed E-state index contributed by atoms with van der Waals surface area (Å²) in [5.41, 5.74) is 1.41. The Labute approximate surface area is 153 Å². The van der Waals surface area contributed by atoms with E-state index in [9.17, 15) is 13.2 Å². The summed E-state index contributed by atoms with van der Waals surface area (Å²) in [4.78, 5) is 12.6. The molecule has 1 aliphatic rings. The number of nitrogens with one attached hydrogen (secondary N) is 1. The Morgan fingerprint density at radius 1 is 1.19 bits per heavy atom. The van der Waals surface area contributed by atoms with Gasteiger partial charge >= 0.3 is 0 Å². The van der Waals surface area contributed by atoms with Gasteiger partial charge in [-0.05, 0) is 37.6 Å². The molecule has 0 saturated heterocycles. The fraction of sp³-hybridized carbons (Fsp3) is 0.316. The standard InChI is InChI=1S/C19H22N2O4S/c1-3-12-20-19(22)18-13-21(16-6-4-5-7-17(16)25-18)26(23,24)15-10-8-14(2)9-11-15/h4-11,18H,3,12-13H2,1-2H3,(H,20,22)/t18-/m0/s1. The van der Waals surface area contributed by atoms with E-state index in [1.165, 1.54) is 4.31 Å². The number of amides is 1. The zero-order chi connectivity index (χ0) is 18.7. The minimum atomic E-state index is -3.81. The van der Waals surface area contributed by atoms with Gasteiger partial charge in [-0.25, -0.2) is 8.42 Å². The molecule has 6 nitrogen and oxygen atoms in total. The lowest BCUT2D eigenvalue weighted by atomic mass is 10.2. The van der Waals surface area contributed by atoms with Gasteiger partial charge in [-0.2, -0.15) is 0 Å². The highest BCUT2D eigenvalue weighted by atomic mass is 32.2. The van der Waals surface area contributed by atoms with Crippen molar-refractivity contribution in [2.45, 2.75) is 31.3 Å². The smallest absolute Gasteiger partial charge is 0.264 e. The summed E-state index contributed by atoms with van der Waals surface area (Å²) in [7, 11) is -3.81. The minimum Gasteiger partial charge on any atom is -0.476 e. The Morgan fingerprint density at radius 3 is 2.58 bits per heavy atom. The molecule has 1 N–H and O–H groups in total. The summed E-state index contributed by atoms with van der Waals surface area (Å²) in [6.45, 7) is 4.30. The van der Waals surface area contributed by atoms with Crippen LogP contribution in [0.15, 0.2) is 53.4 Å². The fourth-order valence-electron chi connectivity index (χ4n) is 2.77. The number of ether oxygens (including phenoxy) is 1. The number of fused-ring (bicyclic) bond motifs is 1. The molecule has 0 spiro atoms. The Bertz CT molecular complexity index is 894. The molecule has 7 heteroatoms. The molecular weight excluding hydrogens is 352 g/mol. The first-order valence-corrected chi connectivity index (χ1v) is 10.0. The van der Waals surface area contributed by atoms with Crippen molar-refractivity contribution in [3.05, 3.63) is 54.1 Å². The molecule has 1 aliphatic heterocycles. The van der Waals surface area contributed by atoms with Crippen molar-refractivity contribution in [2.24, 2.45) is 0 Å². The third-order valence-electron chi connectivity index (χ3n) is 4.19. The molecule has 0 aliphatic carbocycles. The van der Waals surface area contributed by atoms with Crippen LogP contribution in [0, 0.1) is 6.92 Å². The molecule has 2 aromatic carbocycles. The monoisotopic (exact) mass is 374 g/mol. The number of sulfonamides is 1. The zero-order valence-corrected chi connectivity index (χ0v) is 15.6. The summed E-state index contributed by atoms with van der Waals surface area (Å²) < 4.78 is 33.4. The highest BCUT2D eigenvalue weighted by molar-refractivity contribution is 7.92. The van der Waals surface area contributed by atoms with Crippen LogP contribution >= 0.6 is 0 Å². The van der Waals surface area contributed by atoms with Gasteiger partial charge in [0.05, 0.1) is 17.1 Å². The first-order chi connectivity index (χ1) is 12.4.